The van der Waals surface area contributed by atoms with Crippen molar-refractivity contribution in [1.82, 2.24) is 5.32 Å². The van der Waals surface area contributed by atoms with Crippen LogP contribution < -0.4 is 5.32 Å². The number of rotatable bonds is 3. The quantitative estimate of drug-likeness (QED) is 0.862. The van der Waals surface area contributed by atoms with Gasteiger partial charge in [-0.15, -0.1) is 0 Å². The van der Waals surface area contributed by atoms with Crippen LogP contribution in [0.2, 0.25) is 0 Å². The number of allylic oxidation sites excluding steroid dienone is 1. The maximum atomic E-state index is 5.79. The minimum Gasteiger partial charge on any atom is -0.496 e. The summed E-state index contributed by atoms with van der Waals surface area (Å²) in [5, 5.41) is 3.38. The lowest BCUT2D eigenvalue weighted by atomic mass is 9.94. The zero-order valence-corrected chi connectivity index (χ0v) is 10.9. The molecule has 1 unspecified atom stereocenters. The maximum Gasteiger partial charge on any atom is 0.113 e. The molecule has 0 amide bonds. The number of hydrogen-bond donors (Lipinski definition) is 1. The molecule has 0 aromatic heterocycles. The third kappa shape index (κ3) is 2.52. The Morgan fingerprint density at radius 3 is 2.47 bits per heavy atom. The van der Waals surface area contributed by atoms with E-state index >= 15 is 0 Å². The SMILES string of the molecule is CNC(C1=CCCCO1)c1c(C)cccc1C. The molecule has 0 radical (unpaired) electrons. The van der Waals surface area contributed by atoms with E-state index in [1.54, 1.807) is 0 Å². The summed E-state index contributed by atoms with van der Waals surface area (Å²) < 4.78 is 5.79. The molecule has 0 bridgehead atoms. The van der Waals surface area contributed by atoms with Crippen LogP contribution in [0.1, 0.15) is 35.6 Å². The third-order valence-corrected chi connectivity index (χ3v) is 3.37. The summed E-state index contributed by atoms with van der Waals surface area (Å²) >= 11 is 0. The van der Waals surface area contributed by atoms with Crippen molar-refractivity contribution in [1.29, 1.82) is 0 Å². The zero-order chi connectivity index (χ0) is 12.3. The Kier molecular flexibility index (Phi) is 3.85. The van der Waals surface area contributed by atoms with E-state index in [0.717, 1.165) is 25.2 Å². The normalized spacial score (nSPS) is 17.2. The fourth-order valence-corrected chi connectivity index (χ4v) is 2.49. The van der Waals surface area contributed by atoms with Gasteiger partial charge in [-0.25, -0.2) is 0 Å². The van der Waals surface area contributed by atoms with Crippen LogP contribution in [0.4, 0.5) is 0 Å². The van der Waals surface area contributed by atoms with Gasteiger partial charge in [0.05, 0.1) is 12.6 Å². The Morgan fingerprint density at radius 1 is 1.24 bits per heavy atom. The van der Waals surface area contributed by atoms with Crippen molar-refractivity contribution in [2.24, 2.45) is 0 Å². The molecule has 0 saturated heterocycles. The number of likely N-dealkylation sites (N-methyl/N-ethyl adjacent to an activating group) is 1. The smallest absolute Gasteiger partial charge is 0.113 e. The third-order valence-electron chi connectivity index (χ3n) is 3.37. The lowest BCUT2D eigenvalue weighted by Gasteiger charge is -2.26. The van der Waals surface area contributed by atoms with Gasteiger partial charge in [0.2, 0.25) is 0 Å². The molecule has 1 aliphatic heterocycles. The average molecular weight is 231 g/mol. The average Bonchev–Trinajstić information content (AvgIpc) is 2.35. The van der Waals surface area contributed by atoms with Gasteiger partial charge in [-0.3, -0.25) is 0 Å². The second kappa shape index (κ2) is 5.37. The highest BCUT2D eigenvalue weighted by Gasteiger charge is 2.21. The molecule has 2 heteroatoms. The van der Waals surface area contributed by atoms with Crippen molar-refractivity contribution in [2.45, 2.75) is 32.7 Å². The minimum absolute atomic E-state index is 0.191. The van der Waals surface area contributed by atoms with Gasteiger partial charge in [-0.2, -0.15) is 0 Å². The lowest BCUT2D eigenvalue weighted by molar-refractivity contribution is 0.169. The summed E-state index contributed by atoms with van der Waals surface area (Å²) in [7, 11) is 2.00. The molecule has 2 nitrogen and oxygen atoms in total. The van der Waals surface area contributed by atoms with Gasteiger partial charge in [0.15, 0.2) is 0 Å². The van der Waals surface area contributed by atoms with E-state index in [1.807, 2.05) is 7.05 Å². The van der Waals surface area contributed by atoms with E-state index in [-0.39, 0.29) is 6.04 Å². The molecule has 2 rings (SSSR count). The molecule has 1 aromatic rings. The standard InChI is InChI=1S/C15H21NO/c1-11-7-6-8-12(2)14(11)15(16-3)13-9-4-5-10-17-13/h6-9,15-16H,4-5,10H2,1-3H3. The summed E-state index contributed by atoms with van der Waals surface area (Å²) in [6.07, 6.45) is 4.47. The molecule has 1 heterocycles. The van der Waals surface area contributed by atoms with Crippen molar-refractivity contribution in [3.63, 3.8) is 0 Å². The van der Waals surface area contributed by atoms with Gasteiger partial charge in [-0.05, 0) is 56.5 Å². The van der Waals surface area contributed by atoms with Crippen LogP contribution in [0.3, 0.4) is 0 Å². The Hall–Kier alpha value is -1.28. The fourth-order valence-electron chi connectivity index (χ4n) is 2.49. The molecule has 0 fully saturated rings. The molecule has 1 N–H and O–H groups in total. The first-order valence-corrected chi connectivity index (χ1v) is 6.30. The molecular formula is C15H21NO. The molecule has 17 heavy (non-hydrogen) atoms. The predicted octanol–water partition coefficient (Wildman–Crippen LogP) is 3.26. The van der Waals surface area contributed by atoms with Gasteiger partial charge in [0.25, 0.3) is 0 Å². The van der Waals surface area contributed by atoms with Gasteiger partial charge < -0.3 is 10.1 Å². The van der Waals surface area contributed by atoms with E-state index < -0.39 is 0 Å². The summed E-state index contributed by atoms with van der Waals surface area (Å²) in [4.78, 5) is 0. The van der Waals surface area contributed by atoms with Crippen LogP contribution in [-0.4, -0.2) is 13.7 Å². The first-order chi connectivity index (χ1) is 8.24. The highest BCUT2D eigenvalue weighted by molar-refractivity contribution is 5.39. The monoisotopic (exact) mass is 231 g/mol. The molecule has 0 aliphatic carbocycles. The molecule has 1 aliphatic rings. The molecule has 1 atom stereocenters. The van der Waals surface area contributed by atoms with E-state index in [0.29, 0.717) is 0 Å². The minimum atomic E-state index is 0.191. The van der Waals surface area contributed by atoms with Crippen LogP contribution in [0, 0.1) is 13.8 Å². The van der Waals surface area contributed by atoms with Crippen molar-refractivity contribution in [2.75, 3.05) is 13.7 Å². The number of benzene rings is 1. The number of hydrogen-bond acceptors (Lipinski definition) is 2. The second-order valence-corrected chi connectivity index (χ2v) is 4.62. The summed E-state index contributed by atoms with van der Waals surface area (Å²) in [6, 6.07) is 6.62. The highest BCUT2D eigenvalue weighted by Crippen LogP contribution is 2.30. The van der Waals surface area contributed by atoms with Crippen molar-refractivity contribution < 1.29 is 4.74 Å². The summed E-state index contributed by atoms with van der Waals surface area (Å²) in [6.45, 7) is 5.17. The summed E-state index contributed by atoms with van der Waals surface area (Å²) in [5.74, 6) is 1.08. The van der Waals surface area contributed by atoms with E-state index in [2.05, 4.69) is 43.4 Å². The van der Waals surface area contributed by atoms with Gasteiger partial charge in [-0.1, -0.05) is 18.2 Å². The van der Waals surface area contributed by atoms with Crippen LogP contribution in [-0.2, 0) is 4.74 Å². The zero-order valence-electron chi connectivity index (χ0n) is 10.9. The van der Waals surface area contributed by atoms with Crippen molar-refractivity contribution >= 4 is 0 Å². The van der Waals surface area contributed by atoms with E-state index in [4.69, 9.17) is 4.74 Å². The maximum absolute atomic E-state index is 5.79. The fraction of sp³-hybridized carbons (Fsp3) is 0.467. The molecule has 0 spiro atoms. The number of nitrogens with one attached hydrogen (secondary N) is 1. The molecular weight excluding hydrogens is 210 g/mol. The largest absolute Gasteiger partial charge is 0.496 e. The lowest BCUT2D eigenvalue weighted by Crippen LogP contribution is -2.23. The Morgan fingerprint density at radius 2 is 1.94 bits per heavy atom. The molecule has 1 aromatic carbocycles. The van der Waals surface area contributed by atoms with Gasteiger partial charge in [0, 0.05) is 0 Å². The van der Waals surface area contributed by atoms with Gasteiger partial charge in [0.1, 0.15) is 5.76 Å². The van der Waals surface area contributed by atoms with E-state index in [1.165, 1.54) is 16.7 Å². The molecule has 0 saturated carbocycles. The molecule has 92 valence electrons. The van der Waals surface area contributed by atoms with Crippen LogP contribution in [0.15, 0.2) is 30.0 Å². The first kappa shape index (κ1) is 12.2. The first-order valence-electron chi connectivity index (χ1n) is 6.30. The Labute approximate surface area is 104 Å². The second-order valence-electron chi connectivity index (χ2n) is 4.62. The van der Waals surface area contributed by atoms with Crippen LogP contribution in [0.25, 0.3) is 0 Å². The highest BCUT2D eigenvalue weighted by atomic mass is 16.5. The Balaban J connectivity index is 2.38. The number of ether oxygens (including phenoxy) is 1. The van der Waals surface area contributed by atoms with Crippen molar-refractivity contribution in [3.05, 3.63) is 46.7 Å². The predicted molar refractivity (Wildman–Crippen MR) is 71.0 cm³/mol. The van der Waals surface area contributed by atoms with Crippen molar-refractivity contribution in [3.8, 4) is 0 Å². The Bertz CT molecular complexity index is 403. The van der Waals surface area contributed by atoms with Gasteiger partial charge >= 0.3 is 0 Å². The topological polar surface area (TPSA) is 21.3 Å². The van der Waals surface area contributed by atoms with E-state index in [9.17, 15) is 0 Å². The number of aryl methyl sites for hydroxylation is 2. The summed E-state index contributed by atoms with van der Waals surface area (Å²) in [5.41, 5.74) is 3.99. The van der Waals surface area contributed by atoms with Crippen LogP contribution >= 0.6 is 0 Å². The van der Waals surface area contributed by atoms with Crippen LogP contribution in [0.5, 0.6) is 0 Å².